The predicted molar refractivity (Wildman–Crippen MR) is 73.5 cm³/mol. The molecule has 4 nitrogen and oxygen atoms in total. The molecule has 0 fully saturated rings. The molecular weight excluding hydrogens is 307 g/mol. The largest absolute Gasteiger partial charge is 0.418 e. The second-order valence-corrected chi connectivity index (χ2v) is 6.66. The van der Waals surface area contributed by atoms with Gasteiger partial charge in [-0.1, -0.05) is 18.2 Å². The molecule has 1 aromatic rings. The van der Waals surface area contributed by atoms with Crippen molar-refractivity contribution < 1.29 is 26.4 Å². The van der Waals surface area contributed by atoms with Crippen molar-refractivity contribution in [1.29, 1.82) is 0 Å². The highest BCUT2D eigenvalue weighted by molar-refractivity contribution is 7.92. The Balaban J connectivity index is 3.03. The van der Waals surface area contributed by atoms with Crippen molar-refractivity contribution >= 4 is 21.4 Å². The molecule has 1 rings (SSSR count). The fourth-order valence-corrected chi connectivity index (χ4v) is 2.55. The molecule has 0 spiro atoms. The van der Waals surface area contributed by atoms with Gasteiger partial charge in [-0.15, -0.1) is 6.58 Å². The minimum Gasteiger partial charge on any atom is -0.324 e. The average molecular weight is 321 g/mol. The molecule has 0 radical (unpaired) electrons. The van der Waals surface area contributed by atoms with Crippen LogP contribution < -0.4 is 5.32 Å². The summed E-state index contributed by atoms with van der Waals surface area (Å²) in [6.45, 7) is 4.37. The Kier molecular flexibility index (Phi) is 5.16. The van der Waals surface area contributed by atoms with E-state index >= 15 is 0 Å². The van der Waals surface area contributed by atoms with E-state index in [0.717, 1.165) is 25.1 Å². The van der Waals surface area contributed by atoms with Crippen LogP contribution in [0.4, 0.5) is 18.9 Å². The average Bonchev–Trinajstić information content (AvgIpc) is 2.37. The molecule has 1 amide bonds. The third-order valence-corrected chi connectivity index (χ3v) is 4.74. The Labute approximate surface area is 120 Å². The number of alkyl halides is 3. The maximum Gasteiger partial charge on any atom is 0.418 e. The number of amides is 1. The third kappa shape index (κ3) is 4.32. The molecule has 1 aromatic carbocycles. The van der Waals surface area contributed by atoms with Gasteiger partial charge in [-0.25, -0.2) is 8.42 Å². The first-order chi connectivity index (χ1) is 9.59. The van der Waals surface area contributed by atoms with E-state index in [9.17, 15) is 26.4 Å². The first kappa shape index (κ1) is 17.2. The van der Waals surface area contributed by atoms with E-state index in [1.165, 1.54) is 12.1 Å². The van der Waals surface area contributed by atoms with Crippen LogP contribution in [0.5, 0.6) is 0 Å². The number of nitrogens with one attached hydrogen (secondary N) is 1. The number of sulfone groups is 1. The standard InChI is InChI=1S/C13H14F3NO3S/c1-3-8-21(19,20)9(2)12(18)17-11-7-5-4-6-10(11)13(14,15)16/h3-7,9H,1,8H2,2H3,(H,17,18). The van der Waals surface area contributed by atoms with Gasteiger partial charge in [-0.05, 0) is 19.1 Å². The quantitative estimate of drug-likeness (QED) is 0.848. The van der Waals surface area contributed by atoms with Gasteiger partial charge in [0.15, 0.2) is 9.84 Å². The van der Waals surface area contributed by atoms with E-state index in [1.54, 1.807) is 0 Å². The highest BCUT2D eigenvalue weighted by Gasteiger charge is 2.34. The number of hydrogen-bond donors (Lipinski definition) is 1. The lowest BCUT2D eigenvalue weighted by Crippen LogP contribution is -2.34. The molecule has 0 heterocycles. The van der Waals surface area contributed by atoms with Crippen molar-refractivity contribution in [3.8, 4) is 0 Å². The molecule has 0 aliphatic carbocycles. The summed E-state index contributed by atoms with van der Waals surface area (Å²) in [6.07, 6.45) is -3.53. The molecule has 0 aromatic heterocycles. The lowest BCUT2D eigenvalue weighted by atomic mass is 10.1. The molecule has 0 saturated carbocycles. The minimum absolute atomic E-state index is 0.428. The van der Waals surface area contributed by atoms with Crippen LogP contribution in [0.2, 0.25) is 0 Å². The van der Waals surface area contributed by atoms with Gasteiger partial charge in [-0.2, -0.15) is 13.2 Å². The molecular formula is C13H14F3NO3S. The molecule has 0 saturated heterocycles. The van der Waals surface area contributed by atoms with Gasteiger partial charge in [0.2, 0.25) is 5.91 Å². The van der Waals surface area contributed by atoms with Crippen molar-refractivity contribution in [2.75, 3.05) is 11.1 Å². The Morgan fingerprint density at radius 2 is 1.95 bits per heavy atom. The van der Waals surface area contributed by atoms with Gasteiger partial charge in [0.25, 0.3) is 0 Å². The van der Waals surface area contributed by atoms with E-state index in [2.05, 4.69) is 6.58 Å². The summed E-state index contributed by atoms with van der Waals surface area (Å²) < 4.78 is 61.7. The molecule has 1 N–H and O–H groups in total. The van der Waals surface area contributed by atoms with Gasteiger partial charge < -0.3 is 5.32 Å². The summed E-state index contributed by atoms with van der Waals surface area (Å²) in [5.41, 5.74) is -1.51. The maximum atomic E-state index is 12.8. The normalized spacial score (nSPS) is 13.5. The van der Waals surface area contributed by atoms with Crippen LogP contribution in [0.25, 0.3) is 0 Å². The zero-order valence-electron chi connectivity index (χ0n) is 11.1. The van der Waals surface area contributed by atoms with E-state index in [-0.39, 0.29) is 0 Å². The van der Waals surface area contributed by atoms with Gasteiger partial charge in [0.1, 0.15) is 5.25 Å². The molecule has 1 unspecified atom stereocenters. The number of halogens is 3. The summed E-state index contributed by atoms with van der Waals surface area (Å²) in [7, 11) is -3.79. The summed E-state index contributed by atoms with van der Waals surface area (Å²) in [5, 5.41) is 0.534. The summed E-state index contributed by atoms with van der Waals surface area (Å²) in [4.78, 5) is 11.8. The van der Waals surface area contributed by atoms with Crippen molar-refractivity contribution in [3.63, 3.8) is 0 Å². The van der Waals surface area contributed by atoms with Crippen LogP contribution in [0.15, 0.2) is 36.9 Å². The van der Waals surface area contributed by atoms with E-state index in [0.29, 0.717) is 0 Å². The molecule has 0 bridgehead atoms. The molecule has 0 aliphatic rings. The smallest absolute Gasteiger partial charge is 0.324 e. The number of carbonyl (C=O) groups is 1. The van der Waals surface area contributed by atoms with Crippen LogP contribution in [0.1, 0.15) is 12.5 Å². The Morgan fingerprint density at radius 1 is 1.38 bits per heavy atom. The van der Waals surface area contributed by atoms with E-state index in [1.807, 2.05) is 5.32 Å². The number of anilines is 1. The second kappa shape index (κ2) is 6.30. The number of benzene rings is 1. The number of rotatable bonds is 5. The summed E-state index contributed by atoms with van der Waals surface area (Å²) in [5.74, 6) is -1.45. The van der Waals surface area contributed by atoms with Gasteiger partial charge in [-0.3, -0.25) is 4.79 Å². The molecule has 8 heteroatoms. The first-order valence-electron chi connectivity index (χ1n) is 5.89. The predicted octanol–water partition coefficient (Wildman–Crippen LogP) is 2.63. The summed E-state index contributed by atoms with van der Waals surface area (Å²) >= 11 is 0. The Morgan fingerprint density at radius 3 is 2.48 bits per heavy atom. The van der Waals surface area contributed by atoms with Crippen molar-refractivity contribution in [2.24, 2.45) is 0 Å². The highest BCUT2D eigenvalue weighted by atomic mass is 32.2. The number of carbonyl (C=O) groups excluding carboxylic acids is 1. The molecule has 116 valence electrons. The van der Waals surface area contributed by atoms with Gasteiger partial charge >= 0.3 is 6.18 Å². The fourth-order valence-electron chi connectivity index (χ4n) is 1.55. The molecule has 21 heavy (non-hydrogen) atoms. The van der Waals surface area contributed by atoms with E-state index < -0.39 is 44.2 Å². The number of hydrogen-bond acceptors (Lipinski definition) is 3. The van der Waals surface area contributed by atoms with Gasteiger partial charge in [0.05, 0.1) is 17.0 Å². The van der Waals surface area contributed by atoms with Crippen molar-refractivity contribution in [3.05, 3.63) is 42.5 Å². The van der Waals surface area contributed by atoms with Gasteiger partial charge in [0, 0.05) is 0 Å². The zero-order chi connectivity index (χ0) is 16.3. The van der Waals surface area contributed by atoms with Crippen LogP contribution in [0.3, 0.4) is 0 Å². The van der Waals surface area contributed by atoms with Crippen LogP contribution in [-0.2, 0) is 20.8 Å². The Bertz CT molecular complexity index is 638. The Hall–Kier alpha value is -1.83. The molecule has 0 aliphatic heterocycles. The van der Waals surface area contributed by atoms with Crippen LogP contribution >= 0.6 is 0 Å². The maximum absolute atomic E-state index is 12.8. The SMILES string of the molecule is C=CCS(=O)(=O)C(C)C(=O)Nc1ccccc1C(F)(F)F. The first-order valence-corrected chi connectivity index (χ1v) is 7.60. The second-order valence-electron chi connectivity index (χ2n) is 4.29. The third-order valence-electron chi connectivity index (χ3n) is 2.75. The topological polar surface area (TPSA) is 63.2 Å². The monoisotopic (exact) mass is 321 g/mol. The molecule has 1 atom stereocenters. The zero-order valence-corrected chi connectivity index (χ0v) is 12.0. The lowest BCUT2D eigenvalue weighted by Gasteiger charge is -2.16. The van der Waals surface area contributed by atoms with E-state index in [4.69, 9.17) is 0 Å². The summed E-state index contributed by atoms with van der Waals surface area (Å²) in [6, 6.07) is 4.36. The number of para-hydroxylation sites is 1. The van der Waals surface area contributed by atoms with Crippen molar-refractivity contribution in [1.82, 2.24) is 0 Å². The minimum atomic E-state index is -4.65. The highest BCUT2D eigenvalue weighted by Crippen LogP contribution is 2.34. The fraction of sp³-hybridized carbons (Fsp3) is 0.308. The lowest BCUT2D eigenvalue weighted by molar-refractivity contribution is -0.137. The van der Waals surface area contributed by atoms with Crippen LogP contribution in [0, 0.1) is 0 Å². The van der Waals surface area contributed by atoms with Crippen LogP contribution in [-0.4, -0.2) is 25.3 Å². The van der Waals surface area contributed by atoms with Crippen molar-refractivity contribution in [2.45, 2.75) is 18.3 Å².